The van der Waals surface area contributed by atoms with E-state index in [-0.39, 0.29) is 0 Å². The second kappa shape index (κ2) is 3.74. The largest absolute Gasteiger partial charge is 0.525 e. The highest BCUT2D eigenvalue weighted by atomic mass is 16.8. The van der Waals surface area contributed by atoms with Crippen LogP contribution >= 0.6 is 0 Å². The molecule has 2 fully saturated rings. The van der Waals surface area contributed by atoms with Crippen molar-refractivity contribution in [1.82, 2.24) is 5.06 Å². The van der Waals surface area contributed by atoms with Gasteiger partial charge in [0, 0.05) is 0 Å². The molecular weight excluding hydrogens is 186 g/mol. The molecule has 2 aliphatic rings. The van der Waals surface area contributed by atoms with Crippen LogP contribution in [0, 0.1) is 0 Å². The second-order valence-corrected chi connectivity index (χ2v) is 3.81. The van der Waals surface area contributed by atoms with E-state index in [0.717, 1.165) is 25.7 Å². The zero-order chi connectivity index (χ0) is 10.0. The van der Waals surface area contributed by atoms with Crippen LogP contribution in [0.2, 0.25) is 0 Å². The lowest BCUT2D eigenvalue weighted by molar-refractivity contribution is -0.241. The molecule has 1 saturated heterocycles. The van der Waals surface area contributed by atoms with Gasteiger partial charge in [0.15, 0.2) is 5.72 Å². The summed E-state index contributed by atoms with van der Waals surface area (Å²) < 4.78 is 5.63. The fourth-order valence-electron chi connectivity index (χ4n) is 2.32. The summed E-state index contributed by atoms with van der Waals surface area (Å²) in [6.07, 6.45) is 3.87. The van der Waals surface area contributed by atoms with Crippen LogP contribution in [0.3, 0.4) is 0 Å². The highest BCUT2D eigenvalue weighted by molar-refractivity contribution is 5.56. The van der Waals surface area contributed by atoms with E-state index in [1.165, 1.54) is 11.5 Å². The molecule has 0 aromatic heterocycles. The summed E-state index contributed by atoms with van der Waals surface area (Å²) in [4.78, 5) is 15.2. The Labute approximate surface area is 82.5 Å². The lowest BCUT2D eigenvalue weighted by Crippen LogP contribution is -2.47. The summed E-state index contributed by atoms with van der Waals surface area (Å²) in [6.45, 7) is 1.11. The van der Waals surface area contributed by atoms with E-state index in [1.807, 2.05) is 0 Å². The Bertz CT molecular complexity index is 225. The first-order chi connectivity index (χ1) is 6.73. The van der Waals surface area contributed by atoms with Crippen molar-refractivity contribution >= 4 is 6.16 Å². The van der Waals surface area contributed by atoms with Crippen LogP contribution in [0.25, 0.3) is 0 Å². The molecule has 0 amide bonds. The first-order valence-electron chi connectivity index (χ1n) is 5.05. The van der Waals surface area contributed by atoms with Crippen LogP contribution in [0.5, 0.6) is 0 Å². The second-order valence-electron chi connectivity index (χ2n) is 3.81. The molecule has 1 aliphatic heterocycles. The molecule has 0 aromatic carbocycles. The van der Waals surface area contributed by atoms with Crippen LogP contribution in [0.1, 0.15) is 32.1 Å². The Morgan fingerprint density at radius 3 is 2.71 bits per heavy atom. The normalized spacial score (nSPS) is 26.6. The molecule has 1 N–H and O–H groups in total. The molecule has 2 rings (SSSR count). The van der Waals surface area contributed by atoms with Crippen molar-refractivity contribution in [2.45, 2.75) is 37.8 Å². The number of ether oxygens (including phenoxy) is 1. The van der Waals surface area contributed by atoms with Crippen molar-refractivity contribution in [2.24, 2.45) is 0 Å². The van der Waals surface area contributed by atoms with Gasteiger partial charge in [-0.3, -0.25) is 0 Å². The van der Waals surface area contributed by atoms with Crippen molar-refractivity contribution in [3.63, 3.8) is 0 Å². The maximum Gasteiger partial charge on any atom is 0.525 e. The first-order valence-corrected chi connectivity index (χ1v) is 5.05. The van der Waals surface area contributed by atoms with Gasteiger partial charge >= 0.3 is 6.16 Å². The third-order valence-corrected chi connectivity index (χ3v) is 2.94. The average molecular weight is 201 g/mol. The van der Waals surface area contributed by atoms with Gasteiger partial charge in [-0.2, -0.15) is 0 Å². The average Bonchev–Trinajstić information content (AvgIpc) is 2.50. The molecule has 5 heteroatoms. The summed E-state index contributed by atoms with van der Waals surface area (Å²) >= 11 is 0. The maximum atomic E-state index is 10.5. The van der Waals surface area contributed by atoms with Gasteiger partial charge in [0.1, 0.15) is 0 Å². The molecular formula is C9H15NO4. The maximum absolute atomic E-state index is 10.5. The summed E-state index contributed by atoms with van der Waals surface area (Å²) in [5.74, 6) is 0. The zero-order valence-corrected chi connectivity index (χ0v) is 8.07. The standard InChI is InChI=1S/C9H15NO4/c11-8(12)14-10-6-7-13-9(10)4-2-1-3-5-9/h1-7H2,(H,11,12). The summed E-state index contributed by atoms with van der Waals surface area (Å²) in [7, 11) is 0. The molecule has 0 unspecified atom stereocenters. The van der Waals surface area contributed by atoms with E-state index in [9.17, 15) is 4.79 Å². The highest BCUT2D eigenvalue weighted by Crippen LogP contribution is 2.37. The molecule has 1 heterocycles. The van der Waals surface area contributed by atoms with E-state index in [1.54, 1.807) is 0 Å². The number of hydrogen-bond acceptors (Lipinski definition) is 4. The highest BCUT2D eigenvalue weighted by Gasteiger charge is 2.45. The molecule has 0 radical (unpaired) electrons. The molecule has 14 heavy (non-hydrogen) atoms. The van der Waals surface area contributed by atoms with Crippen LogP contribution < -0.4 is 0 Å². The van der Waals surface area contributed by atoms with Gasteiger partial charge in [-0.1, -0.05) is 6.42 Å². The number of hydrogen-bond donors (Lipinski definition) is 1. The van der Waals surface area contributed by atoms with Crippen molar-refractivity contribution in [3.05, 3.63) is 0 Å². The van der Waals surface area contributed by atoms with Gasteiger partial charge in [0.25, 0.3) is 0 Å². The van der Waals surface area contributed by atoms with Gasteiger partial charge in [0.2, 0.25) is 0 Å². The Balaban J connectivity index is 2.03. The van der Waals surface area contributed by atoms with Crippen molar-refractivity contribution < 1.29 is 19.5 Å². The smallest absolute Gasteiger partial charge is 0.448 e. The lowest BCUT2D eigenvalue weighted by Gasteiger charge is -2.37. The number of carboxylic acid groups (broad SMARTS) is 1. The molecule has 1 spiro atoms. The third-order valence-electron chi connectivity index (χ3n) is 2.94. The SMILES string of the molecule is O=C(O)ON1CCOC12CCCCC2. The van der Waals surface area contributed by atoms with Crippen LogP contribution in [-0.4, -0.2) is 35.2 Å². The predicted molar refractivity (Wildman–Crippen MR) is 47.6 cm³/mol. The zero-order valence-electron chi connectivity index (χ0n) is 8.07. The lowest BCUT2D eigenvalue weighted by atomic mass is 9.92. The topological polar surface area (TPSA) is 59.0 Å². The van der Waals surface area contributed by atoms with Gasteiger partial charge in [0.05, 0.1) is 13.2 Å². The summed E-state index contributed by atoms with van der Waals surface area (Å²) in [5, 5.41) is 10.1. The Kier molecular flexibility index (Phi) is 2.60. The molecule has 5 nitrogen and oxygen atoms in total. The quantitative estimate of drug-likeness (QED) is 0.698. The van der Waals surface area contributed by atoms with E-state index in [2.05, 4.69) is 0 Å². The summed E-state index contributed by atoms with van der Waals surface area (Å²) in [5.41, 5.74) is -0.448. The van der Waals surface area contributed by atoms with Gasteiger partial charge < -0.3 is 14.7 Å². The minimum absolute atomic E-state index is 0.448. The van der Waals surface area contributed by atoms with Gasteiger partial charge in [-0.25, -0.2) is 4.79 Å². The van der Waals surface area contributed by atoms with Crippen molar-refractivity contribution in [2.75, 3.05) is 13.2 Å². The molecule has 0 bridgehead atoms. The van der Waals surface area contributed by atoms with Crippen molar-refractivity contribution in [1.29, 1.82) is 0 Å². The molecule has 1 saturated carbocycles. The third kappa shape index (κ3) is 1.69. The monoisotopic (exact) mass is 201 g/mol. The number of nitrogens with zero attached hydrogens (tertiary/aromatic N) is 1. The van der Waals surface area contributed by atoms with Crippen LogP contribution in [0.4, 0.5) is 4.79 Å². The van der Waals surface area contributed by atoms with E-state index in [4.69, 9.17) is 14.7 Å². The summed E-state index contributed by atoms with van der Waals surface area (Å²) in [6, 6.07) is 0. The molecule has 1 aliphatic carbocycles. The molecule has 0 aromatic rings. The van der Waals surface area contributed by atoms with E-state index < -0.39 is 11.9 Å². The van der Waals surface area contributed by atoms with E-state index >= 15 is 0 Å². The van der Waals surface area contributed by atoms with Crippen LogP contribution in [0.15, 0.2) is 0 Å². The first kappa shape index (κ1) is 9.73. The van der Waals surface area contributed by atoms with Crippen molar-refractivity contribution in [3.8, 4) is 0 Å². The molecule has 0 atom stereocenters. The van der Waals surface area contributed by atoms with Crippen LogP contribution in [-0.2, 0) is 9.57 Å². The fraction of sp³-hybridized carbons (Fsp3) is 0.889. The van der Waals surface area contributed by atoms with E-state index in [0.29, 0.717) is 13.2 Å². The Morgan fingerprint density at radius 1 is 1.36 bits per heavy atom. The minimum Gasteiger partial charge on any atom is -0.448 e. The Hall–Kier alpha value is -0.810. The number of rotatable bonds is 1. The van der Waals surface area contributed by atoms with Gasteiger partial charge in [-0.05, 0) is 25.7 Å². The Morgan fingerprint density at radius 2 is 2.07 bits per heavy atom. The predicted octanol–water partition coefficient (Wildman–Crippen LogP) is 1.59. The van der Waals surface area contributed by atoms with Gasteiger partial charge in [-0.15, -0.1) is 5.06 Å². The fourth-order valence-corrected chi connectivity index (χ4v) is 2.32. The number of hydroxylamine groups is 2. The number of carbonyl (C=O) groups is 1. The minimum atomic E-state index is -1.25. The molecule has 80 valence electrons.